The van der Waals surface area contributed by atoms with Crippen LogP contribution in [0.3, 0.4) is 0 Å². The number of amides is 2. The molecule has 0 radical (unpaired) electrons. The Morgan fingerprint density at radius 3 is 2.21 bits per heavy atom. The van der Waals surface area contributed by atoms with E-state index >= 15 is 0 Å². The van der Waals surface area contributed by atoms with E-state index in [4.69, 9.17) is 16.0 Å². The minimum atomic E-state index is -0.354. The molecular formula is C22H17ClN4O2. The van der Waals surface area contributed by atoms with Gasteiger partial charge in [-0.1, -0.05) is 35.9 Å². The number of hydrogen-bond donors (Lipinski definition) is 2. The molecule has 0 unspecified atom stereocenters. The Kier molecular flexibility index (Phi) is 5.27. The smallest absolute Gasteiger partial charge is 0.323 e. The summed E-state index contributed by atoms with van der Waals surface area (Å²) in [7, 11) is 0. The quantitative estimate of drug-likeness (QED) is 0.436. The molecule has 0 spiro atoms. The number of aromatic nitrogens is 2. The first-order valence-corrected chi connectivity index (χ1v) is 9.30. The molecule has 6 nitrogen and oxygen atoms in total. The van der Waals surface area contributed by atoms with E-state index in [-0.39, 0.29) is 6.03 Å². The fourth-order valence-electron chi connectivity index (χ4n) is 2.75. The Balaban J connectivity index is 1.44. The molecule has 0 aliphatic rings. The third kappa shape index (κ3) is 4.44. The SMILES string of the molecule is Cc1ccc(Cl)cc1NC(=O)Nc1ccc(-c2nnc(-c3ccccc3)o2)cc1. The standard InChI is InChI=1S/C22H17ClN4O2/c1-14-7-10-17(23)13-19(14)25-22(28)24-18-11-8-16(9-12-18)21-27-26-20(29-21)15-5-3-2-4-6-15/h2-13H,1H3,(H2,24,25,28). The summed E-state index contributed by atoms with van der Waals surface area (Å²) < 4.78 is 5.75. The number of aryl methyl sites for hydroxylation is 1. The van der Waals surface area contributed by atoms with Gasteiger partial charge in [-0.3, -0.25) is 0 Å². The van der Waals surface area contributed by atoms with E-state index in [9.17, 15) is 4.79 Å². The zero-order valence-electron chi connectivity index (χ0n) is 15.5. The van der Waals surface area contributed by atoms with Gasteiger partial charge in [0.15, 0.2) is 0 Å². The van der Waals surface area contributed by atoms with E-state index in [0.717, 1.165) is 16.7 Å². The maximum Gasteiger partial charge on any atom is 0.323 e. The van der Waals surface area contributed by atoms with Crippen molar-refractivity contribution in [3.05, 3.63) is 83.4 Å². The van der Waals surface area contributed by atoms with Gasteiger partial charge in [0, 0.05) is 27.5 Å². The highest BCUT2D eigenvalue weighted by Crippen LogP contribution is 2.25. The molecule has 0 aliphatic heterocycles. The van der Waals surface area contributed by atoms with Crippen molar-refractivity contribution in [3.8, 4) is 22.9 Å². The number of nitrogens with one attached hydrogen (secondary N) is 2. The number of benzene rings is 3. The molecule has 0 fully saturated rings. The molecule has 0 saturated carbocycles. The van der Waals surface area contributed by atoms with Gasteiger partial charge >= 0.3 is 6.03 Å². The zero-order valence-corrected chi connectivity index (χ0v) is 16.3. The van der Waals surface area contributed by atoms with Gasteiger partial charge in [0.1, 0.15) is 0 Å². The third-order valence-corrected chi connectivity index (χ3v) is 4.52. The van der Waals surface area contributed by atoms with Crippen LogP contribution in [0.15, 0.2) is 77.2 Å². The largest absolute Gasteiger partial charge is 0.416 e. The lowest BCUT2D eigenvalue weighted by Gasteiger charge is -2.10. The van der Waals surface area contributed by atoms with Gasteiger partial charge in [-0.25, -0.2) is 4.79 Å². The molecule has 2 N–H and O–H groups in total. The predicted molar refractivity (Wildman–Crippen MR) is 114 cm³/mol. The Bertz CT molecular complexity index is 1140. The van der Waals surface area contributed by atoms with E-state index in [1.807, 2.05) is 55.5 Å². The first-order chi connectivity index (χ1) is 14.1. The van der Waals surface area contributed by atoms with Gasteiger partial charge in [0.05, 0.1) is 0 Å². The molecule has 4 rings (SSSR count). The molecule has 1 aromatic heterocycles. The summed E-state index contributed by atoms with van der Waals surface area (Å²) in [5.74, 6) is 0.869. The van der Waals surface area contributed by atoms with Crippen molar-refractivity contribution < 1.29 is 9.21 Å². The lowest BCUT2D eigenvalue weighted by molar-refractivity contribution is 0.262. The number of carbonyl (C=O) groups is 1. The average Bonchev–Trinajstić information content (AvgIpc) is 3.22. The minimum absolute atomic E-state index is 0.354. The fourth-order valence-corrected chi connectivity index (χ4v) is 2.92. The summed E-state index contributed by atoms with van der Waals surface area (Å²) in [5, 5.41) is 14.3. The third-order valence-electron chi connectivity index (χ3n) is 4.28. The van der Waals surface area contributed by atoms with E-state index in [1.54, 1.807) is 24.3 Å². The fraction of sp³-hybridized carbons (Fsp3) is 0.0455. The van der Waals surface area contributed by atoms with Crippen molar-refractivity contribution in [2.75, 3.05) is 10.6 Å². The minimum Gasteiger partial charge on any atom is -0.416 e. The van der Waals surface area contributed by atoms with Crippen LogP contribution in [0.4, 0.5) is 16.2 Å². The van der Waals surface area contributed by atoms with Crippen molar-refractivity contribution >= 4 is 29.0 Å². The molecule has 4 aromatic rings. The van der Waals surface area contributed by atoms with Crippen LogP contribution in [0, 0.1) is 6.92 Å². The first-order valence-electron chi connectivity index (χ1n) is 8.92. The summed E-state index contributed by atoms with van der Waals surface area (Å²) in [6, 6.07) is 21.7. The van der Waals surface area contributed by atoms with Gasteiger partial charge in [-0.05, 0) is 61.0 Å². The molecule has 0 atom stereocenters. The van der Waals surface area contributed by atoms with Crippen LogP contribution in [0.2, 0.25) is 5.02 Å². The van der Waals surface area contributed by atoms with Crippen LogP contribution in [0.5, 0.6) is 0 Å². The highest BCUT2D eigenvalue weighted by Gasteiger charge is 2.11. The number of urea groups is 1. The number of anilines is 2. The summed E-state index contributed by atoms with van der Waals surface area (Å²) in [4.78, 5) is 12.3. The van der Waals surface area contributed by atoms with Crippen LogP contribution in [-0.4, -0.2) is 16.2 Å². The van der Waals surface area contributed by atoms with E-state index in [1.165, 1.54) is 0 Å². The van der Waals surface area contributed by atoms with Crippen molar-refractivity contribution in [2.24, 2.45) is 0 Å². The number of nitrogens with zero attached hydrogens (tertiary/aromatic N) is 2. The Morgan fingerprint density at radius 2 is 1.52 bits per heavy atom. The Labute approximate surface area is 172 Å². The van der Waals surface area contributed by atoms with Crippen molar-refractivity contribution in [3.63, 3.8) is 0 Å². The number of halogens is 1. The topological polar surface area (TPSA) is 80.0 Å². The zero-order chi connectivity index (χ0) is 20.2. The van der Waals surface area contributed by atoms with Crippen molar-refractivity contribution in [2.45, 2.75) is 6.92 Å². The molecule has 7 heteroatoms. The molecule has 1 heterocycles. The van der Waals surface area contributed by atoms with E-state index in [2.05, 4.69) is 20.8 Å². The number of rotatable bonds is 4. The molecule has 3 aromatic carbocycles. The molecule has 2 amide bonds. The van der Waals surface area contributed by atoms with Crippen LogP contribution < -0.4 is 10.6 Å². The second-order valence-electron chi connectivity index (χ2n) is 6.39. The Hall–Kier alpha value is -3.64. The van der Waals surface area contributed by atoms with Gasteiger partial charge in [-0.15, -0.1) is 10.2 Å². The normalized spacial score (nSPS) is 10.6. The molecule has 29 heavy (non-hydrogen) atoms. The average molecular weight is 405 g/mol. The van der Waals surface area contributed by atoms with Crippen LogP contribution >= 0.6 is 11.6 Å². The second kappa shape index (κ2) is 8.16. The van der Waals surface area contributed by atoms with Crippen molar-refractivity contribution in [1.29, 1.82) is 0 Å². The summed E-state index contributed by atoms with van der Waals surface area (Å²) in [6.45, 7) is 1.90. The Morgan fingerprint density at radius 1 is 0.862 bits per heavy atom. The lowest BCUT2D eigenvalue weighted by Crippen LogP contribution is -2.19. The molecule has 0 bridgehead atoms. The summed E-state index contributed by atoms with van der Waals surface area (Å²) >= 11 is 5.99. The number of carbonyl (C=O) groups excluding carboxylic acids is 1. The lowest BCUT2D eigenvalue weighted by atomic mass is 10.2. The number of hydrogen-bond acceptors (Lipinski definition) is 4. The maximum absolute atomic E-state index is 12.3. The summed E-state index contributed by atoms with van der Waals surface area (Å²) in [6.07, 6.45) is 0. The highest BCUT2D eigenvalue weighted by molar-refractivity contribution is 6.31. The highest BCUT2D eigenvalue weighted by atomic mass is 35.5. The molecule has 0 saturated heterocycles. The first kappa shape index (κ1) is 18.7. The van der Waals surface area contributed by atoms with E-state index in [0.29, 0.717) is 28.2 Å². The second-order valence-corrected chi connectivity index (χ2v) is 6.83. The van der Waals surface area contributed by atoms with Gasteiger partial charge < -0.3 is 15.1 Å². The van der Waals surface area contributed by atoms with Gasteiger partial charge in [-0.2, -0.15) is 0 Å². The summed E-state index contributed by atoms with van der Waals surface area (Å²) in [5.41, 5.74) is 3.83. The molecular weight excluding hydrogens is 388 g/mol. The molecule has 0 aliphatic carbocycles. The van der Waals surface area contributed by atoms with Gasteiger partial charge in [0.25, 0.3) is 0 Å². The molecule has 144 valence electrons. The van der Waals surface area contributed by atoms with E-state index < -0.39 is 0 Å². The van der Waals surface area contributed by atoms with Crippen LogP contribution in [0.1, 0.15) is 5.56 Å². The maximum atomic E-state index is 12.3. The predicted octanol–water partition coefficient (Wildman–Crippen LogP) is 6.01. The van der Waals surface area contributed by atoms with Crippen LogP contribution in [-0.2, 0) is 0 Å². The van der Waals surface area contributed by atoms with Gasteiger partial charge in [0.2, 0.25) is 11.8 Å². The van der Waals surface area contributed by atoms with Crippen LogP contribution in [0.25, 0.3) is 22.9 Å². The monoisotopic (exact) mass is 404 g/mol. The van der Waals surface area contributed by atoms with Crippen molar-refractivity contribution in [1.82, 2.24) is 10.2 Å².